The minimum atomic E-state index is -1.36. The van der Waals surface area contributed by atoms with Gasteiger partial charge in [-0.25, -0.2) is 19.6 Å². The van der Waals surface area contributed by atoms with Gasteiger partial charge in [0, 0.05) is 12.6 Å². The van der Waals surface area contributed by atoms with Gasteiger partial charge in [-0.15, -0.1) is 0 Å². The van der Waals surface area contributed by atoms with E-state index in [9.17, 15) is 14.7 Å². The van der Waals surface area contributed by atoms with Gasteiger partial charge in [0.15, 0.2) is 11.4 Å². The van der Waals surface area contributed by atoms with Gasteiger partial charge in [0.25, 0.3) is 0 Å². The fourth-order valence-corrected chi connectivity index (χ4v) is 3.49. The zero-order valence-corrected chi connectivity index (χ0v) is 18.7. The first kappa shape index (κ1) is 23.5. The van der Waals surface area contributed by atoms with Crippen LogP contribution in [-0.4, -0.2) is 36.7 Å². The summed E-state index contributed by atoms with van der Waals surface area (Å²) in [5, 5.41) is 18.4. The predicted molar refractivity (Wildman–Crippen MR) is 127 cm³/mol. The molecule has 2 aromatic carbocycles. The zero-order valence-electron chi connectivity index (χ0n) is 18.7. The third-order valence-corrected chi connectivity index (χ3v) is 5.20. The highest BCUT2D eigenvalue weighted by Gasteiger charge is 2.22. The molecule has 2 N–H and O–H groups in total. The predicted octanol–water partition coefficient (Wildman–Crippen LogP) is 4.65. The van der Waals surface area contributed by atoms with Crippen molar-refractivity contribution >= 4 is 24.1 Å². The highest BCUT2D eigenvalue weighted by atomic mass is 16.5. The fraction of sp³-hybridized carbons (Fsp3) is 0.154. The summed E-state index contributed by atoms with van der Waals surface area (Å²) < 4.78 is 12.6. The van der Waals surface area contributed by atoms with E-state index in [1.165, 1.54) is 10.9 Å². The smallest absolute Gasteiger partial charge is 0.357 e. The molecule has 0 bridgehead atoms. The molecule has 9 heteroatoms. The molecule has 0 unspecified atom stereocenters. The Hall–Kier alpha value is -4.66. The Kier molecular flexibility index (Phi) is 7.37. The van der Waals surface area contributed by atoms with Gasteiger partial charge in [-0.2, -0.15) is 0 Å². The molecule has 9 nitrogen and oxygen atoms in total. The number of imidazole rings is 1. The van der Waals surface area contributed by atoms with E-state index in [1.807, 2.05) is 60.7 Å². The van der Waals surface area contributed by atoms with Crippen LogP contribution in [0, 0.1) is 0 Å². The zero-order chi connectivity index (χ0) is 24.6. The molecule has 35 heavy (non-hydrogen) atoms. The van der Waals surface area contributed by atoms with Crippen molar-refractivity contribution in [2.24, 2.45) is 0 Å². The van der Waals surface area contributed by atoms with Gasteiger partial charge in [-0.1, -0.05) is 42.5 Å². The van der Waals surface area contributed by atoms with E-state index in [1.54, 1.807) is 12.3 Å². The molecule has 0 atom stereocenters. The fourth-order valence-electron chi connectivity index (χ4n) is 3.49. The Morgan fingerprint density at radius 2 is 1.77 bits per heavy atom. The van der Waals surface area contributed by atoms with Crippen molar-refractivity contribution in [3.63, 3.8) is 0 Å². The molecular weight excluding hydrogens is 450 g/mol. The van der Waals surface area contributed by atoms with E-state index < -0.39 is 17.6 Å². The number of aryl methyl sites for hydroxylation is 2. The van der Waals surface area contributed by atoms with Crippen LogP contribution in [0.5, 0.6) is 5.75 Å². The largest absolute Gasteiger partial charge is 0.487 e. The molecule has 0 amide bonds. The summed E-state index contributed by atoms with van der Waals surface area (Å²) in [5.74, 6) is -1.48. The third kappa shape index (κ3) is 6.23. The van der Waals surface area contributed by atoms with Crippen LogP contribution in [0.2, 0.25) is 0 Å². The Bertz CT molecular complexity index is 1320. The number of carboxylic acid groups (broad SMARTS) is 2. The van der Waals surface area contributed by atoms with E-state index in [4.69, 9.17) is 14.3 Å². The summed E-state index contributed by atoms with van der Waals surface area (Å²) in [6.45, 7) is 0.611. The maximum absolute atomic E-state index is 11.4. The van der Waals surface area contributed by atoms with Crippen molar-refractivity contribution in [2.45, 2.75) is 26.0 Å². The van der Waals surface area contributed by atoms with Gasteiger partial charge in [-0.05, 0) is 42.2 Å². The number of ether oxygens (including phenoxy) is 1. The molecule has 0 fully saturated rings. The lowest BCUT2D eigenvalue weighted by Gasteiger charge is -2.07. The SMILES string of the molecule is O=C(O)c1ncn(CCCc2ccc(OCc3coc(C=Cc4ccccc4)n3)cc2)c1C(=O)O. The number of aromatic nitrogens is 3. The summed E-state index contributed by atoms with van der Waals surface area (Å²) in [6.07, 6.45) is 7.84. The highest BCUT2D eigenvalue weighted by Crippen LogP contribution is 2.17. The Morgan fingerprint density at radius 3 is 2.49 bits per heavy atom. The number of aromatic carboxylic acids is 2. The van der Waals surface area contributed by atoms with Gasteiger partial charge >= 0.3 is 11.9 Å². The second-order valence-corrected chi connectivity index (χ2v) is 7.70. The standard InChI is InChI=1S/C26H23N3O6/c30-25(31)23-24(26(32)33)29(17-27-23)14-4-7-19-8-11-21(12-9-19)34-15-20-16-35-22(28-20)13-10-18-5-2-1-3-6-18/h1-3,5-6,8-13,16-17H,4,7,14-15H2,(H,30,31)(H,32,33). The number of carbonyl (C=O) groups is 2. The second kappa shape index (κ2) is 11.0. The average molecular weight is 473 g/mol. The molecule has 0 aliphatic heterocycles. The van der Waals surface area contributed by atoms with Crippen LogP contribution in [0.4, 0.5) is 0 Å². The topological polar surface area (TPSA) is 128 Å². The van der Waals surface area contributed by atoms with Crippen LogP contribution in [0.25, 0.3) is 12.2 Å². The lowest BCUT2D eigenvalue weighted by molar-refractivity contribution is 0.0640. The molecule has 4 aromatic rings. The van der Waals surface area contributed by atoms with Crippen molar-refractivity contribution in [3.8, 4) is 5.75 Å². The molecule has 0 saturated heterocycles. The molecule has 0 saturated carbocycles. The van der Waals surface area contributed by atoms with E-state index in [0.717, 1.165) is 11.1 Å². The maximum atomic E-state index is 11.4. The van der Waals surface area contributed by atoms with Gasteiger partial charge in [0.1, 0.15) is 24.3 Å². The average Bonchev–Trinajstić information content (AvgIpc) is 3.50. The van der Waals surface area contributed by atoms with Crippen LogP contribution in [0.15, 0.2) is 71.6 Å². The maximum Gasteiger partial charge on any atom is 0.357 e. The minimum absolute atomic E-state index is 0.270. The minimum Gasteiger partial charge on any atom is -0.487 e. The molecule has 0 spiro atoms. The Balaban J connectivity index is 1.26. The number of rotatable bonds is 11. The van der Waals surface area contributed by atoms with Crippen LogP contribution >= 0.6 is 0 Å². The van der Waals surface area contributed by atoms with Crippen molar-refractivity contribution in [3.05, 3.63) is 101 Å². The van der Waals surface area contributed by atoms with Gasteiger partial charge in [0.05, 0.1) is 6.33 Å². The van der Waals surface area contributed by atoms with Crippen molar-refractivity contribution in [1.29, 1.82) is 0 Å². The first-order valence-corrected chi connectivity index (χ1v) is 10.9. The molecule has 0 aliphatic rings. The van der Waals surface area contributed by atoms with Gasteiger partial charge in [0.2, 0.25) is 5.89 Å². The van der Waals surface area contributed by atoms with Crippen molar-refractivity contribution in [2.75, 3.05) is 0 Å². The number of carboxylic acids is 2. The Morgan fingerprint density at radius 1 is 1.00 bits per heavy atom. The first-order chi connectivity index (χ1) is 17.0. The number of hydrogen-bond acceptors (Lipinski definition) is 6. The highest BCUT2D eigenvalue weighted by molar-refractivity contribution is 5.99. The Labute approximate surface area is 201 Å². The normalized spacial score (nSPS) is 11.1. The quantitative estimate of drug-likeness (QED) is 0.322. The van der Waals surface area contributed by atoms with Crippen molar-refractivity contribution in [1.82, 2.24) is 14.5 Å². The summed E-state index contributed by atoms with van der Waals surface area (Å²) in [7, 11) is 0. The van der Waals surface area contributed by atoms with Crippen LogP contribution < -0.4 is 4.74 Å². The molecular formula is C26H23N3O6. The van der Waals surface area contributed by atoms with Crippen molar-refractivity contribution < 1.29 is 29.0 Å². The lowest BCUT2D eigenvalue weighted by Crippen LogP contribution is -2.13. The van der Waals surface area contributed by atoms with E-state index in [-0.39, 0.29) is 12.3 Å². The number of oxazole rings is 1. The first-order valence-electron chi connectivity index (χ1n) is 10.9. The molecule has 2 heterocycles. The van der Waals surface area contributed by atoms with E-state index in [2.05, 4.69) is 9.97 Å². The van der Waals surface area contributed by atoms with Crippen LogP contribution in [0.3, 0.4) is 0 Å². The second-order valence-electron chi connectivity index (χ2n) is 7.70. The lowest BCUT2D eigenvalue weighted by atomic mass is 10.1. The van der Waals surface area contributed by atoms with Crippen LogP contribution in [-0.2, 0) is 19.6 Å². The summed E-state index contributed by atoms with van der Waals surface area (Å²) in [4.78, 5) is 30.6. The molecule has 0 radical (unpaired) electrons. The summed E-state index contributed by atoms with van der Waals surface area (Å²) >= 11 is 0. The molecule has 2 aromatic heterocycles. The van der Waals surface area contributed by atoms with E-state index >= 15 is 0 Å². The van der Waals surface area contributed by atoms with Gasteiger partial charge in [-0.3, -0.25) is 0 Å². The molecule has 0 aliphatic carbocycles. The molecule has 178 valence electrons. The number of hydrogen-bond donors (Lipinski definition) is 2. The summed E-state index contributed by atoms with van der Waals surface area (Å²) in [6, 6.07) is 17.4. The monoisotopic (exact) mass is 473 g/mol. The van der Waals surface area contributed by atoms with E-state index in [0.29, 0.717) is 36.7 Å². The third-order valence-electron chi connectivity index (χ3n) is 5.20. The number of nitrogens with zero attached hydrogens (tertiary/aromatic N) is 3. The number of benzene rings is 2. The molecule has 4 rings (SSSR count). The van der Waals surface area contributed by atoms with Crippen LogP contribution in [0.1, 0.15) is 50.1 Å². The van der Waals surface area contributed by atoms with Gasteiger partial charge < -0.3 is 23.9 Å². The summed E-state index contributed by atoms with van der Waals surface area (Å²) in [5.41, 5.74) is 2.01.